The fourth-order valence-electron chi connectivity index (χ4n) is 3.79. The molecule has 0 aliphatic carbocycles. The van der Waals surface area contributed by atoms with Crippen LogP contribution in [0.3, 0.4) is 0 Å². The number of aryl methyl sites for hydroxylation is 1. The van der Waals surface area contributed by atoms with E-state index < -0.39 is 0 Å². The molecule has 4 aromatic carbocycles. The second kappa shape index (κ2) is 9.90. The third-order valence-corrected chi connectivity index (χ3v) is 5.44. The van der Waals surface area contributed by atoms with E-state index in [1.54, 1.807) is 6.08 Å². The minimum Gasteiger partial charge on any atom is -0.463 e. The average molecular weight is 407 g/mol. The summed E-state index contributed by atoms with van der Waals surface area (Å²) in [6.07, 6.45) is 3.26. The second-order valence-corrected chi connectivity index (χ2v) is 7.55. The fraction of sp³-hybridized carbons (Fsp3) is 0.138. The first-order chi connectivity index (χ1) is 15.2. The van der Waals surface area contributed by atoms with Crippen LogP contribution < -0.4 is 0 Å². The molecule has 31 heavy (non-hydrogen) atoms. The summed E-state index contributed by atoms with van der Waals surface area (Å²) in [5.41, 5.74) is 5.73. The van der Waals surface area contributed by atoms with Gasteiger partial charge in [-0.25, -0.2) is 4.79 Å². The Hall–Kier alpha value is -3.65. The molecular formula is C29H26O2. The maximum atomic E-state index is 12.2. The molecule has 4 aromatic rings. The Kier molecular flexibility index (Phi) is 6.59. The number of rotatable bonds is 7. The molecule has 0 N–H and O–H groups in total. The van der Waals surface area contributed by atoms with E-state index in [1.165, 1.54) is 27.5 Å². The summed E-state index contributed by atoms with van der Waals surface area (Å²) in [5, 5.41) is 2.36. The van der Waals surface area contributed by atoms with Crippen LogP contribution in [0.4, 0.5) is 0 Å². The number of hydrogen-bond acceptors (Lipinski definition) is 2. The van der Waals surface area contributed by atoms with Gasteiger partial charge in [-0.3, -0.25) is 0 Å². The summed E-state index contributed by atoms with van der Waals surface area (Å²) < 4.78 is 5.18. The molecule has 2 heteroatoms. The van der Waals surface area contributed by atoms with Gasteiger partial charge in [-0.15, -0.1) is 0 Å². The Morgan fingerprint density at radius 1 is 0.774 bits per heavy atom. The number of hydrogen-bond donors (Lipinski definition) is 0. The molecule has 0 spiro atoms. The summed E-state index contributed by atoms with van der Waals surface area (Å²) in [4.78, 5) is 12.2. The number of fused-ring (bicyclic) bond motifs is 1. The van der Waals surface area contributed by atoms with Crippen LogP contribution in [0.1, 0.15) is 24.5 Å². The molecule has 154 valence electrons. The lowest BCUT2D eigenvalue weighted by Crippen LogP contribution is -2.02. The molecule has 0 heterocycles. The molecule has 2 nitrogen and oxygen atoms in total. The molecular weight excluding hydrogens is 380 g/mol. The summed E-state index contributed by atoms with van der Waals surface area (Å²) in [6.45, 7) is 2.21. The van der Waals surface area contributed by atoms with Crippen LogP contribution in [0.2, 0.25) is 0 Å². The third-order valence-electron chi connectivity index (χ3n) is 5.44. The molecule has 0 radical (unpaired) electrons. The minimum absolute atomic E-state index is 0.287. The van der Waals surface area contributed by atoms with Gasteiger partial charge in [0, 0.05) is 6.08 Å². The molecule has 0 aliphatic heterocycles. The molecule has 0 fully saturated rings. The van der Waals surface area contributed by atoms with Crippen molar-refractivity contribution in [1.29, 1.82) is 0 Å². The van der Waals surface area contributed by atoms with Crippen LogP contribution in [-0.4, -0.2) is 12.6 Å². The van der Waals surface area contributed by atoms with E-state index in [1.807, 2.05) is 25.1 Å². The molecule has 4 rings (SSSR count). The van der Waals surface area contributed by atoms with E-state index in [2.05, 4.69) is 78.9 Å². The standard InChI is InChI=1S/C29H26O2/c1-2-31-29(30)21-28(27-19-18-24-10-6-7-11-26(24)20-27)17-14-22-12-15-25(16-13-22)23-8-4-3-5-9-23/h3-13,15-16,18-21H,2,14,17H2,1H3. The fourth-order valence-corrected chi connectivity index (χ4v) is 3.79. The van der Waals surface area contributed by atoms with E-state index in [0.717, 1.165) is 24.0 Å². The van der Waals surface area contributed by atoms with Crippen LogP contribution in [0, 0.1) is 0 Å². The van der Waals surface area contributed by atoms with Crippen LogP contribution in [-0.2, 0) is 16.0 Å². The van der Waals surface area contributed by atoms with E-state index >= 15 is 0 Å². The van der Waals surface area contributed by atoms with Crippen molar-refractivity contribution in [3.63, 3.8) is 0 Å². The van der Waals surface area contributed by atoms with Crippen LogP contribution in [0.5, 0.6) is 0 Å². The quantitative estimate of drug-likeness (QED) is 0.242. The summed E-state index contributed by atoms with van der Waals surface area (Å²) in [5.74, 6) is -0.287. The number of carbonyl (C=O) groups is 1. The predicted octanol–water partition coefficient (Wildman–Crippen LogP) is 7.09. The number of benzene rings is 4. The van der Waals surface area contributed by atoms with Crippen molar-refractivity contribution in [2.75, 3.05) is 6.61 Å². The van der Waals surface area contributed by atoms with Crippen molar-refractivity contribution in [2.45, 2.75) is 19.8 Å². The molecule has 0 unspecified atom stereocenters. The average Bonchev–Trinajstić information content (AvgIpc) is 2.82. The zero-order chi connectivity index (χ0) is 21.5. The third kappa shape index (κ3) is 5.29. The maximum Gasteiger partial charge on any atom is 0.331 e. The summed E-state index contributed by atoms with van der Waals surface area (Å²) in [7, 11) is 0. The normalized spacial score (nSPS) is 11.5. The highest BCUT2D eigenvalue weighted by molar-refractivity contribution is 5.93. The lowest BCUT2D eigenvalue weighted by molar-refractivity contribution is -0.137. The van der Waals surface area contributed by atoms with Crippen molar-refractivity contribution in [1.82, 2.24) is 0 Å². The summed E-state index contributed by atoms with van der Waals surface area (Å²) in [6, 6.07) is 33.7. The minimum atomic E-state index is -0.287. The highest BCUT2D eigenvalue weighted by atomic mass is 16.5. The Morgan fingerprint density at radius 3 is 2.19 bits per heavy atom. The number of allylic oxidation sites excluding steroid dienone is 1. The van der Waals surface area contributed by atoms with Crippen molar-refractivity contribution >= 4 is 22.3 Å². The highest BCUT2D eigenvalue weighted by Gasteiger charge is 2.08. The first-order valence-electron chi connectivity index (χ1n) is 10.7. The van der Waals surface area contributed by atoms with Gasteiger partial charge in [0.25, 0.3) is 0 Å². The maximum absolute atomic E-state index is 12.2. The Balaban J connectivity index is 1.55. The topological polar surface area (TPSA) is 26.3 Å². The van der Waals surface area contributed by atoms with Crippen LogP contribution in [0.15, 0.2) is 103 Å². The molecule has 0 atom stereocenters. The highest BCUT2D eigenvalue weighted by Crippen LogP contribution is 2.26. The smallest absolute Gasteiger partial charge is 0.331 e. The van der Waals surface area contributed by atoms with Gasteiger partial charge in [0.2, 0.25) is 0 Å². The molecule has 0 bridgehead atoms. The van der Waals surface area contributed by atoms with Crippen LogP contribution >= 0.6 is 0 Å². The largest absolute Gasteiger partial charge is 0.463 e. The van der Waals surface area contributed by atoms with Gasteiger partial charge in [-0.1, -0.05) is 91.0 Å². The van der Waals surface area contributed by atoms with Crippen molar-refractivity contribution in [3.8, 4) is 11.1 Å². The second-order valence-electron chi connectivity index (χ2n) is 7.55. The van der Waals surface area contributed by atoms with Gasteiger partial charge in [-0.05, 0) is 64.4 Å². The van der Waals surface area contributed by atoms with Crippen molar-refractivity contribution in [2.24, 2.45) is 0 Å². The summed E-state index contributed by atoms with van der Waals surface area (Å²) >= 11 is 0. The number of esters is 1. The molecule has 0 aromatic heterocycles. The Bertz CT molecular complexity index is 1190. The van der Waals surface area contributed by atoms with Gasteiger partial charge in [0.05, 0.1) is 6.61 Å². The zero-order valence-corrected chi connectivity index (χ0v) is 17.8. The number of carbonyl (C=O) groups excluding carboxylic acids is 1. The molecule has 0 aliphatic rings. The van der Waals surface area contributed by atoms with E-state index in [-0.39, 0.29) is 5.97 Å². The van der Waals surface area contributed by atoms with E-state index in [4.69, 9.17) is 4.74 Å². The van der Waals surface area contributed by atoms with Crippen LogP contribution in [0.25, 0.3) is 27.5 Å². The first kappa shape index (κ1) is 20.6. The lowest BCUT2D eigenvalue weighted by atomic mass is 9.95. The predicted molar refractivity (Wildman–Crippen MR) is 129 cm³/mol. The first-order valence-corrected chi connectivity index (χ1v) is 10.7. The van der Waals surface area contributed by atoms with E-state index in [0.29, 0.717) is 6.61 Å². The monoisotopic (exact) mass is 406 g/mol. The van der Waals surface area contributed by atoms with Gasteiger partial charge in [-0.2, -0.15) is 0 Å². The molecule has 0 saturated carbocycles. The van der Waals surface area contributed by atoms with Crippen molar-refractivity contribution < 1.29 is 9.53 Å². The number of ether oxygens (including phenoxy) is 1. The Morgan fingerprint density at radius 2 is 1.45 bits per heavy atom. The van der Waals surface area contributed by atoms with Gasteiger partial charge in [0.15, 0.2) is 0 Å². The molecule has 0 saturated heterocycles. The van der Waals surface area contributed by atoms with Gasteiger partial charge in [0.1, 0.15) is 0 Å². The molecule has 0 amide bonds. The van der Waals surface area contributed by atoms with E-state index in [9.17, 15) is 4.79 Å². The Labute approximate surface area is 183 Å². The van der Waals surface area contributed by atoms with Crippen molar-refractivity contribution in [3.05, 3.63) is 114 Å². The van der Waals surface area contributed by atoms with Gasteiger partial charge < -0.3 is 4.74 Å². The van der Waals surface area contributed by atoms with Gasteiger partial charge >= 0.3 is 5.97 Å². The SMILES string of the molecule is CCOC(=O)C=C(CCc1ccc(-c2ccccc2)cc1)c1ccc2ccccc2c1. The lowest BCUT2D eigenvalue weighted by Gasteiger charge is -2.11. The zero-order valence-electron chi connectivity index (χ0n) is 17.8.